The molecule has 5 nitrogen and oxygen atoms in total. The fourth-order valence-corrected chi connectivity index (χ4v) is 3.32. The van der Waals surface area contributed by atoms with E-state index in [4.69, 9.17) is 4.74 Å². The Morgan fingerprint density at radius 1 is 1.32 bits per heavy atom. The number of rotatable bonds is 8. The van der Waals surface area contributed by atoms with Crippen LogP contribution in [0.5, 0.6) is 0 Å². The van der Waals surface area contributed by atoms with E-state index in [-0.39, 0.29) is 0 Å². The molecule has 0 amide bonds. The first-order chi connectivity index (χ1) is 12.2. The average Bonchev–Trinajstić information content (AvgIpc) is 2.62. The summed E-state index contributed by atoms with van der Waals surface area (Å²) in [6.07, 6.45) is 3.26. The zero-order valence-corrected chi connectivity index (χ0v) is 16.0. The Morgan fingerprint density at radius 3 is 2.80 bits per heavy atom. The van der Waals surface area contributed by atoms with Crippen LogP contribution in [-0.2, 0) is 11.3 Å². The lowest BCUT2D eigenvalue weighted by atomic mass is 9.97. The minimum absolute atomic E-state index is 0.488. The van der Waals surface area contributed by atoms with Crippen molar-refractivity contribution in [3.63, 3.8) is 0 Å². The Labute approximate surface area is 152 Å². The molecule has 0 bridgehead atoms. The van der Waals surface area contributed by atoms with Crippen LogP contribution in [0.25, 0.3) is 0 Å². The largest absolute Gasteiger partial charge is 0.385 e. The Morgan fingerprint density at radius 2 is 2.12 bits per heavy atom. The summed E-state index contributed by atoms with van der Waals surface area (Å²) in [5, 5.41) is 6.98. The maximum atomic E-state index is 5.09. The van der Waals surface area contributed by atoms with Gasteiger partial charge in [0.2, 0.25) is 0 Å². The summed E-state index contributed by atoms with van der Waals surface area (Å²) >= 11 is 0. The van der Waals surface area contributed by atoms with Gasteiger partial charge in [0, 0.05) is 52.0 Å². The number of nitrogens with zero attached hydrogens (tertiary/aromatic N) is 2. The molecule has 2 atom stereocenters. The van der Waals surface area contributed by atoms with Gasteiger partial charge in [0.15, 0.2) is 5.96 Å². The van der Waals surface area contributed by atoms with Crippen molar-refractivity contribution in [1.82, 2.24) is 15.5 Å². The number of hydrogen-bond donors (Lipinski definition) is 2. The van der Waals surface area contributed by atoms with E-state index >= 15 is 0 Å². The Bertz CT molecular complexity index is 506. The van der Waals surface area contributed by atoms with E-state index in [0.717, 1.165) is 58.0 Å². The maximum Gasteiger partial charge on any atom is 0.191 e. The summed E-state index contributed by atoms with van der Waals surface area (Å²) in [7, 11) is 1.73. The SMILES string of the molecule is CCNC(=NCCCOC)NC1CCN(Cc2ccccc2)C(C)C1. The van der Waals surface area contributed by atoms with Crippen LogP contribution >= 0.6 is 0 Å². The average molecular weight is 347 g/mol. The molecule has 0 aromatic heterocycles. The molecule has 0 spiro atoms. The molecule has 0 saturated carbocycles. The lowest BCUT2D eigenvalue weighted by molar-refractivity contribution is 0.134. The van der Waals surface area contributed by atoms with Crippen molar-refractivity contribution in [1.29, 1.82) is 0 Å². The standard InChI is InChI=1S/C20H34N4O/c1-4-21-20(22-12-8-14-25-3)23-19-11-13-24(17(2)15-19)16-18-9-6-5-7-10-18/h5-7,9-10,17,19H,4,8,11-16H2,1-3H3,(H2,21,22,23). The van der Waals surface area contributed by atoms with Crippen LogP contribution in [0.15, 0.2) is 35.3 Å². The molecule has 1 aromatic rings. The minimum atomic E-state index is 0.488. The van der Waals surface area contributed by atoms with Crippen LogP contribution in [0.1, 0.15) is 38.7 Å². The van der Waals surface area contributed by atoms with Crippen molar-refractivity contribution in [3.8, 4) is 0 Å². The van der Waals surface area contributed by atoms with Gasteiger partial charge in [-0.1, -0.05) is 30.3 Å². The van der Waals surface area contributed by atoms with E-state index in [2.05, 4.69) is 64.7 Å². The van der Waals surface area contributed by atoms with Crippen LogP contribution in [0.3, 0.4) is 0 Å². The third kappa shape index (κ3) is 7.04. The van der Waals surface area contributed by atoms with Gasteiger partial charge in [-0.05, 0) is 38.7 Å². The summed E-state index contributed by atoms with van der Waals surface area (Å²) < 4.78 is 5.09. The summed E-state index contributed by atoms with van der Waals surface area (Å²) in [6.45, 7) is 9.05. The Hall–Kier alpha value is -1.59. The fourth-order valence-electron chi connectivity index (χ4n) is 3.32. The highest BCUT2D eigenvalue weighted by Crippen LogP contribution is 2.19. The highest BCUT2D eigenvalue weighted by atomic mass is 16.5. The first-order valence-electron chi connectivity index (χ1n) is 9.54. The first kappa shape index (κ1) is 19.7. The molecule has 140 valence electrons. The summed E-state index contributed by atoms with van der Waals surface area (Å²) in [4.78, 5) is 7.24. The summed E-state index contributed by atoms with van der Waals surface area (Å²) in [5.74, 6) is 0.937. The lowest BCUT2D eigenvalue weighted by Gasteiger charge is -2.38. The van der Waals surface area contributed by atoms with Crippen LogP contribution in [-0.4, -0.2) is 56.3 Å². The van der Waals surface area contributed by atoms with Crippen molar-refractivity contribution in [2.45, 2.75) is 51.7 Å². The molecule has 25 heavy (non-hydrogen) atoms. The van der Waals surface area contributed by atoms with E-state index in [1.807, 2.05) is 0 Å². The van der Waals surface area contributed by atoms with Gasteiger partial charge in [0.25, 0.3) is 0 Å². The van der Waals surface area contributed by atoms with Crippen LogP contribution in [0, 0.1) is 0 Å². The molecule has 0 radical (unpaired) electrons. The highest BCUT2D eigenvalue weighted by molar-refractivity contribution is 5.80. The van der Waals surface area contributed by atoms with Gasteiger partial charge < -0.3 is 15.4 Å². The van der Waals surface area contributed by atoms with Gasteiger partial charge in [-0.15, -0.1) is 0 Å². The maximum absolute atomic E-state index is 5.09. The molecular formula is C20H34N4O. The van der Waals surface area contributed by atoms with E-state index in [9.17, 15) is 0 Å². The van der Waals surface area contributed by atoms with Gasteiger partial charge in [0.05, 0.1) is 0 Å². The number of hydrogen-bond acceptors (Lipinski definition) is 3. The molecule has 2 N–H and O–H groups in total. The summed E-state index contributed by atoms with van der Waals surface area (Å²) in [6, 6.07) is 11.8. The fraction of sp³-hybridized carbons (Fsp3) is 0.650. The Balaban J connectivity index is 1.81. The molecule has 1 aliphatic heterocycles. The smallest absolute Gasteiger partial charge is 0.191 e. The monoisotopic (exact) mass is 346 g/mol. The number of aliphatic imine (C=N–C) groups is 1. The molecular weight excluding hydrogens is 312 g/mol. The number of nitrogens with one attached hydrogen (secondary N) is 2. The number of ether oxygens (including phenoxy) is 1. The van der Waals surface area contributed by atoms with Gasteiger partial charge in [-0.25, -0.2) is 0 Å². The number of likely N-dealkylation sites (tertiary alicyclic amines) is 1. The highest BCUT2D eigenvalue weighted by Gasteiger charge is 2.25. The third-order valence-electron chi connectivity index (χ3n) is 4.70. The molecule has 2 rings (SSSR count). The lowest BCUT2D eigenvalue weighted by Crippen LogP contribution is -2.51. The second-order valence-corrected chi connectivity index (χ2v) is 6.78. The molecule has 1 heterocycles. The Kier molecular flexibility index (Phi) is 8.77. The first-order valence-corrected chi connectivity index (χ1v) is 9.54. The topological polar surface area (TPSA) is 48.9 Å². The normalized spacial score (nSPS) is 22.0. The molecule has 2 unspecified atom stereocenters. The zero-order chi connectivity index (χ0) is 17.9. The molecule has 1 saturated heterocycles. The predicted octanol–water partition coefficient (Wildman–Crippen LogP) is 2.63. The molecule has 1 aromatic carbocycles. The third-order valence-corrected chi connectivity index (χ3v) is 4.70. The minimum Gasteiger partial charge on any atom is -0.385 e. The number of benzene rings is 1. The second kappa shape index (κ2) is 11.1. The quantitative estimate of drug-likeness (QED) is 0.432. The van der Waals surface area contributed by atoms with E-state index in [1.54, 1.807) is 7.11 Å². The number of methoxy groups -OCH3 is 1. The number of piperidine rings is 1. The zero-order valence-electron chi connectivity index (χ0n) is 16.0. The van der Waals surface area contributed by atoms with Crippen molar-refractivity contribution >= 4 is 5.96 Å². The van der Waals surface area contributed by atoms with Gasteiger partial charge >= 0.3 is 0 Å². The van der Waals surface area contributed by atoms with E-state index < -0.39 is 0 Å². The van der Waals surface area contributed by atoms with Gasteiger partial charge in [-0.2, -0.15) is 0 Å². The predicted molar refractivity (Wildman–Crippen MR) is 105 cm³/mol. The van der Waals surface area contributed by atoms with Crippen LogP contribution < -0.4 is 10.6 Å². The summed E-state index contributed by atoms with van der Waals surface area (Å²) in [5.41, 5.74) is 1.40. The van der Waals surface area contributed by atoms with Crippen molar-refractivity contribution in [2.75, 3.05) is 33.4 Å². The molecule has 0 aliphatic carbocycles. The van der Waals surface area contributed by atoms with Crippen molar-refractivity contribution in [2.24, 2.45) is 4.99 Å². The van der Waals surface area contributed by atoms with Crippen molar-refractivity contribution in [3.05, 3.63) is 35.9 Å². The van der Waals surface area contributed by atoms with Gasteiger partial charge in [0.1, 0.15) is 0 Å². The van der Waals surface area contributed by atoms with Crippen molar-refractivity contribution < 1.29 is 4.74 Å². The number of guanidine groups is 1. The van der Waals surface area contributed by atoms with E-state index in [1.165, 1.54) is 5.56 Å². The molecule has 1 fully saturated rings. The van der Waals surface area contributed by atoms with Crippen LogP contribution in [0.2, 0.25) is 0 Å². The van der Waals surface area contributed by atoms with Crippen LogP contribution in [0.4, 0.5) is 0 Å². The second-order valence-electron chi connectivity index (χ2n) is 6.78. The van der Waals surface area contributed by atoms with E-state index in [0.29, 0.717) is 12.1 Å². The molecule has 5 heteroatoms. The molecule has 1 aliphatic rings. The van der Waals surface area contributed by atoms with Gasteiger partial charge in [-0.3, -0.25) is 9.89 Å².